The van der Waals surface area contributed by atoms with E-state index in [0.29, 0.717) is 6.54 Å². The van der Waals surface area contributed by atoms with Gasteiger partial charge >= 0.3 is 0 Å². The van der Waals surface area contributed by atoms with Gasteiger partial charge in [-0.15, -0.1) is 24.0 Å². The Morgan fingerprint density at radius 3 is 2.41 bits per heavy atom. The van der Waals surface area contributed by atoms with Gasteiger partial charge in [-0.25, -0.2) is 15.0 Å². The van der Waals surface area contributed by atoms with Crippen LogP contribution in [0.2, 0.25) is 0 Å². The maximum absolute atomic E-state index is 5.49. The third-order valence-corrected chi connectivity index (χ3v) is 5.71. The number of nitrogens with one attached hydrogen (secondary N) is 1. The second kappa shape index (κ2) is 13.3. The van der Waals surface area contributed by atoms with Gasteiger partial charge in [-0.3, -0.25) is 4.90 Å². The molecule has 1 N–H and O–H groups in total. The number of hydrogen-bond acceptors (Lipinski definition) is 6. The number of aliphatic imine (C=N–C) groups is 1. The number of guanidine groups is 1. The summed E-state index contributed by atoms with van der Waals surface area (Å²) >= 11 is 0. The molecule has 3 aromatic rings. The van der Waals surface area contributed by atoms with Gasteiger partial charge in [0.05, 0.1) is 19.4 Å². The van der Waals surface area contributed by atoms with Gasteiger partial charge in [0.15, 0.2) is 5.96 Å². The van der Waals surface area contributed by atoms with E-state index in [0.717, 1.165) is 63.5 Å². The third kappa shape index (κ3) is 7.17. The van der Waals surface area contributed by atoms with E-state index >= 15 is 0 Å². The summed E-state index contributed by atoms with van der Waals surface area (Å²) in [6.07, 6.45) is 5.31. The van der Waals surface area contributed by atoms with Crippen molar-refractivity contribution < 1.29 is 4.42 Å². The topological polar surface area (TPSA) is 73.0 Å². The fourth-order valence-corrected chi connectivity index (χ4v) is 4.04. The predicted octanol–water partition coefficient (Wildman–Crippen LogP) is 3.61. The Hall–Kier alpha value is -2.66. The van der Waals surface area contributed by atoms with Crippen LogP contribution in [0.5, 0.6) is 0 Å². The summed E-state index contributed by atoms with van der Waals surface area (Å²) < 4.78 is 5.49. The smallest absolute Gasteiger partial charge is 0.225 e. The maximum atomic E-state index is 5.49. The van der Waals surface area contributed by atoms with E-state index in [1.54, 1.807) is 18.7 Å². The predicted molar refractivity (Wildman–Crippen MR) is 146 cm³/mol. The van der Waals surface area contributed by atoms with E-state index in [2.05, 4.69) is 68.2 Å². The van der Waals surface area contributed by atoms with E-state index < -0.39 is 0 Å². The maximum Gasteiger partial charge on any atom is 0.225 e. The van der Waals surface area contributed by atoms with Gasteiger partial charge in [0, 0.05) is 51.7 Å². The van der Waals surface area contributed by atoms with Crippen molar-refractivity contribution in [2.45, 2.75) is 26.6 Å². The molecule has 1 aliphatic heterocycles. The third-order valence-electron chi connectivity index (χ3n) is 5.71. The number of anilines is 1. The van der Waals surface area contributed by atoms with Crippen LogP contribution in [0.3, 0.4) is 0 Å². The number of nitrogens with zero attached hydrogens (tertiary/aromatic N) is 6. The zero-order chi connectivity index (χ0) is 22.9. The number of hydrogen-bond donors (Lipinski definition) is 1. The Bertz CT molecular complexity index is 1010. The fourth-order valence-electron chi connectivity index (χ4n) is 4.04. The molecule has 1 saturated heterocycles. The summed E-state index contributed by atoms with van der Waals surface area (Å²) in [5.74, 6) is 2.74. The summed E-state index contributed by atoms with van der Waals surface area (Å²) in [5, 5.41) is 3.47. The highest BCUT2D eigenvalue weighted by molar-refractivity contribution is 14.0. The van der Waals surface area contributed by atoms with E-state index in [9.17, 15) is 0 Å². The average Bonchev–Trinajstić information content (AvgIpc) is 3.36. The molecule has 9 heteroatoms. The molecule has 0 spiro atoms. The minimum absolute atomic E-state index is 0. The van der Waals surface area contributed by atoms with Gasteiger partial charge in [0.1, 0.15) is 5.76 Å². The van der Waals surface area contributed by atoms with Crippen LogP contribution in [0.15, 0.2) is 70.5 Å². The minimum atomic E-state index is 0. The van der Waals surface area contributed by atoms with Crippen LogP contribution < -0.4 is 10.2 Å². The lowest BCUT2D eigenvalue weighted by molar-refractivity contribution is 0.287. The summed E-state index contributed by atoms with van der Waals surface area (Å²) in [4.78, 5) is 20.6. The lowest BCUT2D eigenvalue weighted by atomic mass is 10.1. The van der Waals surface area contributed by atoms with Gasteiger partial charge in [0.2, 0.25) is 5.95 Å². The Morgan fingerprint density at radius 1 is 1.00 bits per heavy atom. The molecule has 3 heterocycles. The molecule has 1 aliphatic rings. The van der Waals surface area contributed by atoms with Crippen LogP contribution in [0.25, 0.3) is 0 Å². The Kier molecular flexibility index (Phi) is 10.1. The van der Waals surface area contributed by atoms with Crippen molar-refractivity contribution in [1.29, 1.82) is 0 Å². The highest BCUT2D eigenvalue weighted by atomic mass is 127. The molecule has 0 aliphatic carbocycles. The molecule has 4 rings (SSSR count). The van der Waals surface area contributed by atoms with Gasteiger partial charge in [-0.05, 0) is 43.3 Å². The largest absolute Gasteiger partial charge is 0.468 e. The van der Waals surface area contributed by atoms with Crippen molar-refractivity contribution in [3.63, 3.8) is 0 Å². The molecule has 1 fully saturated rings. The summed E-state index contributed by atoms with van der Waals surface area (Å²) in [5.41, 5.74) is 2.53. The molecular formula is C25H34IN7O. The second-order valence-corrected chi connectivity index (χ2v) is 8.21. The molecule has 0 saturated carbocycles. The monoisotopic (exact) mass is 575 g/mol. The molecule has 0 radical (unpaired) electrons. The first-order valence-corrected chi connectivity index (χ1v) is 11.6. The fraction of sp³-hybridized carbons (Fsp3) is 0.400. The van der Waals surface area contributed by atoms with Crippen LogP contribution in [0, 0.1) is 0 Å². The van der Waals surface area contributed by atoms with Crippen LogP contribution in [-0.4, -0.2) is 65.5 Å². The normalized spacial score (nSPS) is 14.3. The van der Waals surface area contributed by atoms with Crippen molar-refractivity contribution in [2.24, 2.45) is 4.99 Å². The van der Waals surface area contributed by atoms with E-state index in [1.165, 1.54) is 11.1 Å². The van der Waals surface area contributed by atoms with E-state index in [-0.39, 0.29) is 24.0 Å². The number of aromatic nitrogens is 2. The van der Waals surface area contributed by atoms with Crippen molar-refractivity contribution in [3.05, 3.63) is 78.0 Å². The van der Waals surface area contributed by atoms with Gasteiger partial charge < -0.3 is 19.5 Å². The van der Waals surface area contributed by atoms with Crippen molar-refractivity contribution in [2.75, 3.05) is 44.7 Å². The van der Waals surface area contributed by atoms with Crippen LogP contribution >= 0.6 is 24.0 Å². The molecule has 34 heavy (non-hydrogen) atoms. The number of furan rings is 1. The summed E-state index contributed by atoms with van der Waals surface area (Å²) in [6.45, 7) is 8.76. The second-order valence-electron chi connectivity index (χ2n) is 8.21. The molecule has 0 unspecified atom stereocenters. The lowest BCUT2D eigenvalue weighted by Crippen LogP contribution is -2.53. The zero-order valence-corrected chi connectivity index (χ0v) is 22.3. The molecule has 0 atom stereocenters. The summed E-state index contributed by atoms with van der Waals surface area (Å²) in [6, 6.07) is 14.3. The first kappa shape index (κ1) is 26.0. The molecule has 2 aromatic heterocycles. The van der Waals surface area contributed by atoms with Crippen LogP contribution in [0.1, 0.15) is 23.8 Å². The van der Waals surface area contributed by atoms with Gasteiger partial charge in [-0.2, -0.15) is 0 Å². The Morgan fingerprint density at radius 2 is 1.74 bits per heavy atom. The van der Waals surface area contributed by atoms with E-state index in [4.69, 9.17) is 9.41 Å². The number of piperazine rings is 1. The first-order chi connectivity index (χ1) is 16.2. The standard InChI is InChI=1S/C25H33N7O.HI/c1-3-26-24(31-13-15-32(16-14-31)25-27-11-7-12-28-25)29-18-21-8-4-5-9-22(21)19-30(2)20-23-10-6-17-33-23;/h4-12,17H,3,13-16,18-20H2,1-2H3,(H,26,29);1H. The van der Waals surface area contributed by atoms with Crippen molar-refractivity contribution in [3.8, 4) is 0 Å². The van der Waals surface area contributed by atoms with Crippen LogP contribution in [-0.2, 0) is 19.6 Å². The number of rotatable bonds is 8. The number of halogens is 1. The molecule has 0 bridgehead atoms. The molecule has 182 valence electrons. The molecule has 0 amide bonds. The van der Waals surface area contributed by atoms with Crippen molar-refractivity contribution in [1.82, 2.24) is 25.1 Å². The molecule has 8 nitrogen and oxygen atoms in total. The Balaban J connectivity index is 0.00000324. The highest BCUT2D eigenvalue weighted by Crippen LogP contribution is 2.15. The van der Waals surface area contributed by atoms with Gasteiger partial charge in [-0.1, -0.05) is 24.3 Å². The minimum Gasteiger partial charge on any atom is -0.468 e. The first-order valence-electron chi connectivity index (χ1n) is 11.6. The quantitative estimate of drug-likeness (QED) is 0.250. The lowest BCUT2D eigenvalue weighted by Gasteiger charge is -2.36. The zero-order valence-electron chi connectivity index (χ0n) is 19.9. The average molecular weight is 575 g/mol. The Labute approximate surface area is 219 Å². The van der Waals surface area contributed by atoms with Crippen LogP contribution in [0.4, 0.5) is 5.95 Å². The van der Waals surface area contributed by atoms with E-state index in [1.807, 2.05) is 18.2 Å². The molecular weight excluding hydrogens is 541 g/mol. The van der Waals surface area contributed by atoms with Crippen molar-refractivity contribution >= 4 is 35.9 Å². The van der Waals surface area contributed by atoms with Gasteiger partial charge in [0.25, 0.3) is 0 Å². The number of benzene rings is 1. The SMILES string of the molecule is CCNC(=NCc1ccccc1CN(C)Cc1ccco1)N1CCN(c2ncccn2)CC1.I. The molecule has 1 aromatic carbocycles. The summed E-state index contributed by atoms with van der Waals surface area (Å²) in [7, 11) is 2.11. The highest BCUT2D eigenvalue weighted by Gasteiger charge is 2.21.